The molecule has 0 atom stereocenters. The fraction of sp³-hybridized carbons (Fsp3) is 0. The summed E-state index contributed by atoms with van der Waals surface area (Å²) in [5, 5.41) is 29.5. The molecule has 8 heteroatoms. The van der Waals surface area contributed by atoms with Gasteiger partial charge < -0.3 is 10.2 Å². The predicted octanol–water partition coefficient (Wildman–Crippen LogP) is 1.22. The quantitative estimate of drug-likeness (QED) is 0.325. The zero-order chi connectivity index (χ0) is 16.3. The van der Waals surface area contributed by atoms with Gasteiger partial charge in [0.25, 0.3) is 5.91 Å². The molecule has 22 heavy (non-hydrogen) atoms. The third-order valence-electron chi connectivity index (χ3n) is 2.95. The minimum absolute atomic E-state index is 0.0125. The van der Waals surface area contributed by atoms with Crippen LogP contribution in [-0.4, -0.2) is 27.3 Å². The first-order valence-corrected chi connectivity index (χ1v) is 6.11. The number of phenolic OH excluding ortho intramolecular Hbond substituents is 1. The van der Waals surface area contributed by atoms with E-state index >= 15 is 0 Å². The number of aromatic carboxylic acids is 1. The summed E-state index contributed by atoms with van der Waals surface area (Å²) in [5.41, 5.74) is 1.54. The standard InChI is InChI=1S/C14H13N3O5/c15-16-13(19)9-3-1-2-4-11(9)17(22)12-7-8(18)5-6-10(12)14(20)21/h1-7,18,22H,15H2,(H,16,19)(H,20,21). The van der Waals surface area contributed by atoms with E-state index in [-0.39, 0.29) is 28.3 Å². The number of nitrogen functional groups attached to an aromatic ring is 1. The summed E-state index contributed by atoms with van der Waals surface area (Å²) in [5.74, 6) is 2.89. The molecule has 2 aromatic rings. The van der Waals surface area contributed by atoms with Crippen LogP contribution in [0.5, 0.6) is 5.75 Å². The topological polar surface area (TPSA) is 136 Å². The molecule has 0 aliphatic carbocycles. The molecule has 0 fully saturated rings. The Labute approximate surface area is 124 Å². The smallest absolute Gasteiger partial charge is 0.337 e. The molecule has 0 saturated carbocycles. The first-order valence-electron chi connectivity index (χ1n) is 6.11. The van der Waals surface area contributed by atoms with Gasteiger partial charge in [-0.2, -0.15) is 0 Å². The number of hydrazine groups is 1. The predicted molar refractivity (Wildman–Crippen MR) is 77.1 cm³/mol. The molecule has 0 radical (unpaired) electrons. The first-order chi connectivity index (χ1) is 10.5. The van der Waals surface area contributed by atoms with Crippen LogP contribution in [0.1, 0.15) is 20.7 Å². The summed E-state index contributed by atoms with van der Waals surface area (Å²) in [6.45, 7) is 0. The minimum atomic E-state index is -1.30. The Balaban J connectivity index is 2.58. The van der Waals surface area contributed by atoms with Crippen molar-refractivity contribution < 1.29 is 25.0 Å². The Morgan fingerprint density at radius 1 is 1.05 bits per heavy atom. The number of nitrogens with one attached hydrogen (secondary N) is 1. The maximum atomic E-state index is 11.7. The second-order valence-electron chi connectivity index (χ2n) is 4.31. The highest BCUT2D eigenvalue weighted by molar-refractivity contribution is 6.01. The van der Waals surface area contributed by atoms with Gasteiger partial charge in [0.1, 0.15) is 5.75 Å². The van der Waals surface area contributed by atoms with Crippen molar-refractivity contribution in [3.05, 3.63) is 53.6 Å². The molecule has 8 nitrogen and oxygen atoms in total. The molecule has 0 bridgehead atoms. The van der Waals surface area contributed by atoms with E-state index in [0.29, 0.717) is 5.06 Å². The molecule has 0 heterocycles. The summed E-state index contributed by atoms with van der Waals surface area (Å²) in [7, 11) is 0. The molecule has 0 spiro atoms. The largest absolute Gasteiger partial charge is 0.508 e. The number of nitrogens with two attached hydrogens (primary N) is 1. The van der Waals surface area contributed by atoms with E-state index in [1.165, 1.54) is 18.2 Å². The number of para-hydroxylation sites is 1. The SMILES string of the molecule is NNC(=O)c1ccccc1N(O)c1cc(O)ccc1C(=O)O. The fourth-order valence-corrected chi connectivity index (χ4v) is 1.93. The van der Waals surface area contributed by atoms with E-state index in [1.807, 2.05) is 5.43 Å². The Morgan fingerprint density at radius 3 is 2.36 bits per heavy atom. The lowest BCUT2D eigenvalue weighted by molar-refractivity contribution is 0.0696. The van der Waals surface area contributed by atoms with E-state index in [0.717, 1.165) is 12.1 Å². The van der Waals surface area contributed by atoms with Crippen LogP contribution in [0.2, 0.25) is 0 Å². The zero-order valence-electron chi connectivity index (χ0n) is 11.2. The molecule has 114 valence electrons. The van der Waals surface area contributed by atoms with Crippen LogP contribution in [0.3, 0.4) is 0 Å². The van der Waals surface area contributed by atoms with E-state index in [1.54, 1.807) is 12.1 Å². The third-order valence-corrected chi connectivity index (χ3v) is 2.95. The first kappa shape index (κ1) is 15.3. The van der Waals surface area contributed by atoms with Crippen molar-refractivity contribution in [1.29, 1.82) is 0 Å². The van der Waals surface area contributed by atoms with Crippen molar-refractivity contribution in [2.45, 2.75) is 0 Å². The number of rotatable bonds is 4. The molecule has 0 aromatic heterocycles. The molecule has 6 N–H and O–H groups in total. The Morgan fingerprint density at radius 2 is 1.73 bits per heavy atom. The van der Waals surface area contributed by atoms with Crippen LogP contribution < -0.4 is 16.3 Å². The summed E-state index contributed by atoms with van der Waals surface area (Å²) >= 11 is 0. The number of benzene rings is 2. The van der Waals surface area contributed by atoms with Gasteiger partial charge in [-0.25, -0.2) is 15.7 Å². The third kappa shape index (κ3) is 2.82. The number of carbonyl (C=O) groups is 2. The van der Waals surface area contributed by atoms with Crippen LogP contribution in [0, 0.1) is 0 Å². The van der Waals surface area contributed by atoms with Crippen LogP contribution in [0.4, 0.5) is 11.4 Å². The van der Waals surface area contributed by atoms with Gasteiger partial charge in [0, 0.05) is 6.07 Å². The average molecular weight is 303 g/mol. The lowest BCUT2D eigenvalue weighted by atomic mass is 10.1. The number of aromatic hydroxyl groups is 1. The van der Waals surface area contributed by atoms with Gasteiger partial charge in [0.15, 0.2) is 0 Å². The van der Waals surface area contributed by atoms with Gasteiger partial charge in [-0.1, -0.05) is 12.1 Å². The lowest BCUT2D eigenvalue weighted by Gasteiger charge is -2.21. The number of carbonyl (C=O) groups excluding carboxylic acids is 1. The number of phenols is 1. The number of carboxylic acids is 1. The second-order valence-corrected chi connectivity index (χ2v) is 4.31. The fourth-order valence-electron chi connectivity index (χ4n) is 1.93. The van der Waals surface area contributed by atoms with E-state index in [9.17, 15) is 19.9 Å². The van der Waals surface area contributed by atoms with Crippen molar-refractivity contribution >= 4 is 23.3 Å². The van der Waals surface area contributed by atoms with Crippen LogP contribution in [-0.2, 0) is 0 Å². The summed E-state index contributed by atoms with van der Waals surface area (Å²) in [6, 6.07) is 9.31. The molecule has 2 rings (SSSR count). The summed E-state index contributed by atoms with van der Waals surface area (Å²) in [4.78, 5) is 22.9. The van der Waals surface area contributed by atoms with Crippen molar-refractivity contribution in [1.82, 2.24) is 5.43 Å². The van der Waals surface area contributed by atoms with Crippen molar-refractivity contribution in [3.8, 4) is 5.75 Å². The molecular weight excluding hydrogens is 290 g/mol. The highest BCUT2D eigenvalue weighted by atomic mass is 16.5. The normalized spacial score (nSPS) is 10.1. The maximum Gasteiger partial charge on any atom is 0.337 e. The second kappa shape index (κ2) is 6.12. The molecule has 2 aromatic carbocycles. The van der Waals surface area contributed by atoms with Gasteiger partial charge >= 0.3 is 5.97 Å². The van der Waals surface area contributed by atoms with Gasteiger partial charge in [-0.3, -0.25) is 15.4 Å². The van der Waals surface area contributed by atoms with Gasteiger partial charge in [0.2, 0.25) is 0 Å². The molecule has 0 unspecified atom stereocenters. The number of hydrogen-bond donors (Lipinski definition) is 5. The van der Waals surface area contributed by atoms with E-state index in [4.69, 9.17) is 10.9 Å². The van der Waals surface area contributed by atoms with Crippen molar-refractivity contribution in [2.75, 3.05) is 5.06 Å². The van der Waals surface area contributed by atoms with Gasteiger partial charge in [-0.05, 0) is 24.3 Å². The number of amides is 1. The summed E-state index contributed by atoms with van der Waals surface area (Å²) < 4.78 is 0. The van der Waals surface area contributed by atoms with Crippen LogP contribution >= 0.6 is 0 Å². The Kier molecular flexibility index (Phi) is 4.25. The number of nitrogens with zero attached hydrogens (tertiary/aromatic N) is 1. The molecule has 0 aliphatic rings. The average Bonchev–Trinajstić information content (AvgIpc) is 2.53. The summed E-state index contributed by atoms with van der Waals surface area (Å²) in [6.07, 6.45) is 0. The number of hydrogen-bond acceptors (Lipinski definition) is 6. The Hall–Kier alpha value is -3.10. The zero-order valence-corrected chi connectivity index (χ0v) is 11.2. The monoisotopic (exact) mass is 303 g/mol. The highest BCUT2D eigenvalue weighted by Gasteiger charge is 2.21. The molecule has 1 amide bonds. The van der Waals surface area contributed by atoms with E-state index in [2.05, 4.69) is 0 Å². The van der Waals surface area contributed by atoms with Crippen molar-refractivity contribution in [2.24, 2.45) is 5.84 Å². The highest BCUT2D eigenvalue weighted by Crippen LogP contribution is 2.32. The maximum absolute atomic E-state index is 11.7. The number of anilines is 2. The minimum Gasteiger partial charge on any atom is -0.508 e. The van der Waals surface area contributed by atoms with Crippen LogP contribution in [0.15, 0.2) is 42.5 Å². The van der Waals surface area contributed by atoms with E-state index < -0.39 is 11.9 Å². The molecule has 0 aliphatic heterocycles. The van der Waals surface area contributed by atoms with Gasteiger partial charge in [-0.15, -0.1) is 0 Å². The molecular formula is C14H13N3O5. The van der Waals surface area contributed by atoms with Gasteiger partial charge in [0.05, 0.1) is 22.5 Å². The van der Waals surface area contributed by atoms with Crippen molar-refractivity contribution in [3.63, 3.8) is 0 Å². The lowest BCUT2D eigenvalue weighted by Crippen LogP contribution is -2.31. The molecule has 0 saturated heterocycles. The number of carboxylic acid groups (broad SMARTS) is 1. The van der Waals surface area contributed by atoms with Crippen LogP contribution in [0.25, 0.3) is 0 Å². The Bertz CT molecular complexity index is 732.